The van der Waals surface area contributed by atoms with Crippen LogP contribution in [0.4, 0.5) is 0 Å². The van der Waals surface area contributed by atoms with Gasteiger partial charge in [0, 0.05) is 16.4 Å². The molecular weight excluding hydrogens is 316 g/mol. The van der Waals surface area contributed by atoms with Gasteiger partial charge < -0.3 is 5.11 Å². The molecule has 0 fully saturated rings. The van der Waals surface area contributed by atoms with Crippen LogP contribution in [0.25, 0.3) is 6.08 Å². The molecule has 0 saturated heterocycles. The average molecular weight is 334 g/mol. The van der Waals surface area contributed by atoms with Gasteiger partial charge in [0.15, 0.2) is 0 Å². The van der Waals surface area contributed by atoms with Crippen LogP contribution < -0.4 is 0 Å². The third-order valence-corrected chi connectivity index (χ3v) is 2.82. The maximum Gasteiger partial charge on any atom is 0.328 e. The largest absolute Gasteiger partial charge is 0.478 e. The van der Waals surface area contributed by atoms with E-state index < -0.39 is 5.97 Å². The molecule has 100 valence electrons. The van der Waals surface area contributed by atoms with Gasteiger partial charge in [-0.2, -0.15) is 0 Å². The standard InChI is InChI=1S/C9H7BrO2.C5H11Cl/c10-8-4-1-7(2-5-8)3-6-9(11)12;1-2-3-4-5-6/h1-6H,(H,11,12);2-5H2,1H3. The van der Waals surface area contributed by atoms with Crippen molar-refractivity contribution in [2.24, 2.45) is 0 Å². The molecule has 0 unspecified atom stereocenters. The molecule has 0 aliphatic carbocycles. The maximum absolute atomic E-state index is 10.1. The summed E-state index contributed by atoms with van der Waals surface area (Å²) >= 11 is 8.67. The van der Waals surface area contributed by atoms with E-state index in [4.69, 9.17) is 16.7 Å². The summed E-state index contributed by atoms with van der Waals surface area (Å²) < 4.78 is 0.981. The number of hydrogen-bond donors (Lipinski definition) is 1. The lowest BCUT2D eigenvalue weighted by molar-refractivity contribution is -0.131. The molecular formula is C14H18BrClO2. The van der Waals surface area contributed by atoms with Crippen LogP contribution >= 0.6 is 27.5 Å². The topological polar surface area (TPSA) is 37.3 Å². The Bertz CT molecular complexity index is 357. The van der Waals surface area contributed by atoms with E-state index in [9.17, 15) is 4.79 Å². The highest BCUT2D eigenvalue weighted by Gasteiger charge is 1.89. The Morgan fingerprint density at radius 2 is 1.94 bits per heavy atom. The van der Waals surface area contributed by atoms with Crippen molar-refractivity contribution in [1.82, 2.24) is 0 Å². The molecule has 0 radical (unpaired) electrons. The number of unbranched alkanes of at least 4 members (excludes halogenated alkanes) is 2. The van der Waals surface area contributed by atoms with Gasteiger partial charge in [-0.15, -0.1) is 11.6 Å². The smallest absolute Gasteiger partial charge is 0.328 e. The molecule has 1 N–H and O–H groups in total. The quantitative estimate of drug-likeness (QED) is 0.469. The molecule has 1 rings (SSSR count). The minimum atomic E-state index is -0.932. The van der Waals surface area contributed by atoms with E-state index in [0.717, 1.165) is 22.0 Å². The lowest BCUT2D eigenvalue weighted by atomic mass is 10.2. The summed E-state index contributed by atoms with van der Waals surface area (Å²) in [7, 11) is 0. The van der Waals surface area contributed by atoms with Crippen molar-refractivity contribution in [3.63, 3.8) is 0 Å². The first-order chi connectivity index (χ1) is 8.60. The number of alkyl halides is 1. The normalized spacial score (nSPS) is 9.94. The lowest BCUT2D eigenvalue weighted by Gasteiger charge is -1.91. The summed E-state index contributed by atoms with van der Waals surface area (Å²) in [5.74, 6) is -0.105. The Morgan fingerprint density at radius 1 is 1.33 bits per heavy atom. The summed E-state index contributed by atoms with van der Waals surface area (Å²) in [6.07, 6.45) is 6.40. The summed E-state index contributed by atoms with van der Waals surface area (Å²) in [5.41, 5.74) is 0.876. The molecule has 4 heteroatoms. The van der Waals surface area contributed by atoms with Crippen molar-refractivity contribution >= 4 is 39.6 Å². The molecule has 0 saturated carbocycles. The molecule has 1 aromatic carbocycles. The first-order valence-electron chi connectivity index (χ1n) is 5.82. The Morgan fingerprint density at radius 3 is 2.33 bits per heavy atom. The molecule has 0 aliphatic rings. The number of halogens is 2. The molecule has 0 heterocycles. The summed E-state index contributed by atoms with van der Waals surface area (Å²) in [5, 5.41) is 8.33. The van der Waals surface area contributed by atoms with Gasteiger partial charge >= 0.3 is 5.97 Å². The van der Waals surface area contributed by atoms with Crippen LogP contribution in [0.1, 0.15) is 31.7 Å². The van der Waals surface area contributed by atoms with Crippen molar-refractivity contribution in [2.75, 3.05) is 5.88 Å². The van der Waals surface area contributed by atoms with Gasteiger partial charge in [-0.25, -0.2) is 4.79 Å². The first kappa shape index (κ1) is 17.2. The second-order valence-electron chi connectivity index (χ2n) is 3.62. The van der Waals surface area contributed by atoms with Crippen molar-refractivity contribution in [3.05, 3.63) is 40.4 Å². The van der Waals surface area contributed by atoms with Crippen molar-refractivity contribution in [1.29, 1.82) is 0 Å². The fraction of sp³-hybridized carbons (Fsp3) is 0.357. The number of carboxylic acid groups (broad SMARTS) is 1. The first-order valence-corrected chi connectivity index (χ1v) is 7.15. The van der Waals surface area contributed by atoms with E-state index in [0.29, 0.717) is 0 Å². The summed E-state index contributed by atoms with van der Waals surface area (Å²) in [4.78, 5) is 10.1. The lowest BCUT2D eigenvalue weighted by Crippen LogP contribution is -1.85. The van der Waals surface area contributed by atoms with Gasteiger partial charge in [0.25, 0.3) is 0 Å². The highest BCUT2D eigenvalue weighted by atomic mass is 79.9. The van der Waals surface area contributed by atoms with Crippen LogP contribution in [0, 0.1) is 0 Å². The van der Waals surface area contributed by atoms with Crippen LogP contribution in [-0.2, 0) is 4.79 Å². The minimum Gasteiger partial charge on any atom is -0.478 e. The van der Waals surface area contributed by atoms with E-state index in [2.05, 4.69) is 22.9 Å². The van der Waals surface area contributed by atoms with Crippen molar-refractivity contribution < 1.29 is 9.90 Å². The van der Waals surface area contributed by atoms with Gasteiger partial charge in [0.05, 0.1) is 0 Å². The fourth-order valence-corrected chi connectivity index (χ4v) is 1.54. The highest BCUT2D eigenvalue weighted by Crippen LogP contribution is 2.11. The Labute approximate surface area is 122 Å². The molecule has 0 aliphatic heterocycles. The zero-order valence-corrected chi connectivity index (χ0v) is 12.7. The van der Waals surface area contributed by atoms with Crippen LogP contribution in [0.5, 0.6) is 0 Å². The SMILES string of the molecule is CCCCCCl.O=C(O)C=Cc1ccc(Br)cc1. The number of carboxylic acids is 1. The maximum atomic E-state index is 10.1. The van der Waals surface area contributed by atoms with Gasteiger partial charge in [-0.05, 0) is 30.2 Å². The minimum absolute atomic E-state index is 0.827. The molecule has 1 aromatic rings. The highest BCUT2D eigenvalue weighted by molar-refractivity contribution is 9.10. The summed E-state index contributed by atoms with van der Waals surface area (Å²) in [6, 6.07) is 7.40. The number of benzene rings is 1. The Hall–Kier alpha value is -0.800. The molecule has 18 heavy (non-hydrogen) atoms. The molecule has 2 nitrogen and oxygen atoms in total. The predicted molar refractivity (Wildman–Crippen MR) is 81.1 cm³/mol. The van der Waals surface area contributed by atoms with Gasteiger partial charge in [0.1, 0.15) is 0 Å². The molecule has 0 amide bonds. The molecule has 0 aromatic heterocycles. The monoisotopic (exact) mass is 332 g/mol. The van der Waals surface area contributed by atoms with E-state index in [1.54, 1.807) is 6.08 Å². The third-order valence-electron chi connectivity index (χ3n) is 2.03. The zero-order valence-electron chi connectivity index (χ0n) is 10.4. The van der Waals surface area contributed by atoms with Crippen LogP contribution in [0.15, 0.2) is 34.8 Å². The van der Waals surface area contributed by atoms with E-state index in [-0.39, 0.29) is 0 Å². The van der Waals surface area contributed by atoms with Crippen LogP contribution in [0.3, 0.4) is 0 Å². The zero-order chi connectivity index (χ0) is 13.8. The number of carbonyl (C=O) groups is 1. The third kappa shape index (κ3) is 10.4. The van der Waals surface area contributed by atoms with E-state index >= 15 is 0 Å². The second-order valence-corrected chi connectivity index (χ2v) is 4.91. The van der Waals surface area contributed by atoms with Crippen molar-refractivity contribution in [2.45, 2.75) is 26.2 Å². The Kier molecular flexibility index (Phi) is 10.8. The second kappa shape index (κ2) is 11.3. The average Bonchev–Trinajstić information content (AvgIpc) is 2.36. The van der Waals surface area contributed by atoms with Gasteiger partial charge in [-0.3, -0.25) is 0 Å². The van der Waals surface area contributed by atoms with Gasteiger partial charge in [-0.1, -0.05) is 47.8 Å². The van der Waals surface area contributed by atoms with Gasteiger partial charge in [0.2, 0.25) is 0 Å². The molecule has 0 atom stereocenters. The van der Waals surface area contributed by atoms with E-state index in [1.807, 2.05) is 24.3 Å². The molecule has 0 spiro atoms. The number of rotatable bonds is 5. The van der Waals surface area contributed by atoms with Crippen molar-refractivity contribution in [3.8, 4) is 0 Å². The Balaban J connectivity index is 0.000000411. The van der Waals surface area contributed by atoms with E-state index in [1.165, 1.54) is 19.3 Å². The summed E-state index contributed by atoms with van der Waals surface area (Å²) in [6.45, 7) is 2.17. The number of hydrogen-bond acceptors (Lipinski definition) is 1. The predicted octanol–water partition coefficient (Wildman–Crippen LogP) is 4.96. The van der Waals surface area contributed by atoms with Crippen LogP contribution in [-0.4, -0.2) is 17.0 Å². The molecule has 0 bridgehead atoms. The number of aliphatic carboxylic acids is 1. The van der Waals surface area contributed by atoms with Crippen LogP contribution in [0.2, 0.25) is 0 Å². The fourth-order valence-electron chi connectivity index (χ4n) is 1.09.